The van der Waals surface area contributed by atoms with Crippen LogP contribution in [-0.2, 0) is 13.0 Å². The number of hydrogen-bond donors (Lipinski definition) is 0. The summed E-state index contributed by atoms with van der Waals surface area (Å²) in [5, 5.41) is 0. The Morgan fingerprint density at radius 2 is 1.07 bits per heavy atom. The summed E-state index contributed by atoms with van der Waals surface area (Å²) in [5.74, 6) is 1.56. The number of aromatic nitrogens is 2. The summed E-state index contributed by atoms with van der Waals surface area (Å²) in [7, 11) is 0. The van der Waals surface area contributed by atoms with Crippen LogP contribution in [0.15, 0.2) is 12.4 Å². The molecule has 1 heterocycles. The van der Waals surface area contributed by atoms with Gasteiger partial charge in [0.1, 0.15) is 12.4 Å². The van der Waals surface area contributed by atoms with Gasteiger partial charge in [-0.1, -0.05) is 110 Å². The van der Waals surface area contributed by atoms with Crippen LogP contribution < -0.4 is 4.57 Å². The predicted molar refractivity (Wildman–Crippen MR) is 133 cm³/mol. The van der Waals surface area contributed by atoms with Crippen molar-refractivity contribution in [1.29, 1.82) is 0 Å². The first-order valence-electron chi connectivity index (χ1n) is 13.8. The lowest BCUT2D eigenvalue weighted by molar-refractivity contribution is -0.704. The third-order valence-electron chi connectivity index (χ3n) is 6.60. The van der Waals surface area contributed by atoms with Gasteiger partial charge in [-0.15, -0.1) is 0 Å². The molecule has 2 nitrogen and oxygen atoms in total. The molecule has 1 aromatic rings. The lowest BCUT2D eigenvalue weighted by Crippen LogP contribution is -2.37. The Morgan fingerprint density at radius 1 is 0.633 bits per heavy atom. The zero-order valence-electron chi connectivity index (χ0n) is 21.3. The van der Waals surface area contributed by atoms with Crippen molar-refractivity contribution in [3.05, 3.63) is 18.2 Å². The van der Waals surface area contributed by atoms with Crippen LogP contribution >= 0.6 is 0 Å². The Balaban J connectivity index is 2.14. The molecule has 1 rings (SSSR count). The first kappa shape index (κ1) is 27.2. The molecule has 1 aromatic heterocycles. The van der Waals surface area contributed by atoms with Gasteiger partial charge in [0.05, 0.1) is 12.6 Å². The molecule has 30 heavy (non-hydrogen) atoms. The molecule has 0 radical (unpaired) electrons. The molecule has 0 aliphatic heterocycles. The van der Waals surface area contributed by atoms with Crippen molar-refractivity contribution in [2.45, 2.75) is 162 Å². The summed E-state index contributed by atoms with van der Waals surface area (Å²) in [6, 6.07) is 0.573. The van der Waals surface area contributed by atoms with Gasteiger partial charge in [0.15, 0.2) is 0 Å². The zero-order valence-corrected chi connectivity index (χ0v) is 21.3. The summed E-state index contributed by atoms with van der Waals surface area (Å²) >= 11 is 0. The van der Waals surface area contributed by atoms with E-state index in [0.29, 0.717) is 6.04 Å². The number of hydrogen-bond acceptors (Lipinski definition) is 0. The number of imidazole rings is 1. The fraction of sp³-hybridized carbons (Fsp3) is 0.893. The van der Waals surface area contributed by atoms with Crippen molar-refractivity contribution in [2.24, 2.45) is 0 Å². The fourth-order valence-electron chi connectivity index (χ4n) is 4.61. The van der Waals surface area contributed by atoms with E-state index < -0.39 is 0 Å². The van der Waals surface area contributed by atoms with Crippen LogP contribution in [0.3, 0.4) is 0 Å². The second kappa shape index (κ2) is 18.9. The van der Waals surface area contributed by atoms with Gasteiger partial charge in [0.25, 0.3) is 5.82 Å². The molecule has 0 bridgehead atoms. The molecule has 0 N–H and O–H groups in total. The Labute approximate surface area is 189 Å². The molecule has 0 fully saturated rings. The average Bonchev–Trinajstić information content (AvgIpc) is 3.14. The van der Waals surface area contributed by atoms with E-state index in [0.717, 1.165) is 0 Å². The second-order valence-corrected chi connectivity index (χ2v) is 9.82. The number of unbranched alkanes of at least 4 members (excludes halogenated alkanes) is 16. The van der Waals surface area contributed by atoms with Crippen molar-refractivity contribution in [2.75, 3.05) is 0 Å². The fourth-order valence-corrected chi connectivity index (χ4v) is 4.61. The molecule has 0 aromatic carbocycles. The third kappa shape index (κ3) is 12.8. The minimum Gasteiger partial charge on any atom is -0.234 e. The van der Waals surface area contributed by atoms with Gasteiger partial charge >= 0.3 is 0 Å². The smallest absolute Gasteiger partial charge is 0.234 e. The van der Waals surface area contributed by atoms with Gasteiger partial charge in [-0.2, -0.15) is 0 Å². The Morgan fingerprint density at radius 3 is 1.53 bits per heavy atom. The largest absolute Gasteiger partial charge is 0.256 e. The van der Waals surface area contributed by atoms with E-state index in [-0.39, 0.29) is 0 Å². The Bertz CT molecular complexity index is 489. The molecule has 0 amide bonds. The van der Waals surface area contributed by atoms with Crippen LogP contribution in [0.25, 0.3) is 0 Å². The van der Waals surface area contributed by atoms with Crippen LogP contribution in [0.1, 0.15) is 155 Å². The van der Waals surface area contributed by atoms with E-state index in [2.05, 4.69) is 49.2 Å². The van der Waals surface area contributed by atoms with Gasteiger partial charge in [0, 0.05) is 6.42 Å². The van der Waals surface area contributed by atoms with Gasteiger partial charge < -0.3 is 0 Å². The van der Waals surface area contributed by atoms with E-state index in [1.165, 1.54) is 129 Å². The quantitative estimate of drug-likeness (QED) is 0.139. The lowest BCUT2D eigenvalue weighted by Gasteiger charge is -2.08. The minimum atomic E-state index is 0.573. The maximum absolute atomic E-state index is 2.55. The van der Waals surface area contributed by atoms with Crippen molar-refractivity contribution in [3.8, 4) is 0 Å². The SMILES string of the molecule is CCCCCCCCCCCCCCCc1n(C(C)C)cc[n+]1CCCCCCC. The van der Waals surface area contributed by atoms with Gasteiger partial charge in [-0.3, -0.25) is 0 Å². The van der Waals surface area contributed by atoms with Gasteiger partial charge in [0.2, 0.25) is 0 Å². The molecule has 176 valence electrons. The van der Waals surface area contributed by atoms with E-state index in [1.54, 1.807) is 5.82 Å². The lowest BCUT2D eigenvalue weighted by atomic mass is 10.0. The van der Waals surface area contributed by atoms with E-state index in [1.807, 2.05) is 0 Å². The molecular formula is C28H55N2+. The normalized spacial score (nSPS) is 11.6. The molecule has 0 spiro atoms. The van der Waals surface area contributed by atoms with Crippen molar-refractivity contribution in [1.82, 2.24) is 4.57 Å². The van der Waals surface area contributed by atoms with E-state index in [4.69, 9.17) is 0 Å². The topological polar surface area (TPSA) is 8.81 Å². The summed E-state index contributed by atoms with van der Waals surface area (Å²) < 4.78 is 5.05. The van der Waals surface area contributed by atoms with E-state index >= 15 is 0 Å². The summed E-state index contributed by atoms with van der Waals surface area (Å²) in [6.45, 7) is 10.4. The van der Waals surface area contributed by atoms with Gasteiger partial charge in [-0.25, -0.2) is 9.13 Å². The van der Waals surface area contributed by atoms with Crippen LogP contribution in [0, 0.1) is 0 Å². The predicted octanol–water partition coefficient (Wildman–Crippen LogP) is 8.96. The minimum absolute atomic E-state index is 0.573. The molecule has 2 heteroatoms. The van der Waals surface area contributed by atoms with Gasteiger partial charge in [-0.05, 0) is 33.1 Å². The summed E-state index contributed by atoms with van der Waals surface area (Å²) in [4.78, 5) is 0. The highest BCUT2D eigenvalue weighted by atomic mass is 15.2. The highest BCUT2D eigenvalue weighted by molar-refractivity contribution is 4.86. The Hall–Kier alpha value is -0.790. The molecule has 0 unspecified atom stereocenters. The number of aryl methyl sites for hydroxylation is 1. The molecule has 0 aliphatic carbocycles. The highest BCUT2D eigenvalue weighted by Crippen LogP contribution is 2.15. The van der Waals surface area contributed by atoms with Crippen LogP contribution in [0.4, 0.5) is 0 Å². The van der Waals surface area contributed by atoms with Crippen molar-refractivity contribution < 1.29 is 4.57 Å². The monoisotopic (exact) mass is 419 g/mol. The zero-order chi connectivity index (χ0) is 21.9. The Kier molecular flexibility index (Phi) is 17.2. The molecule has 0 saturated carbocycles. The average molecular weight is 420 g/mol. The van der Waals surface area contributed by atoms with E-state index in [9.17, 15) is 0 Å². The highest BCUT2D eigenvalue weighted by Gasteiger charge is 2.18. The van der Waals surface area contributed by atoms with Crippen molar-refractivity contribution >= 4 is 0 Å². The third-order valence-corrected chi connectivity index (χ3v) is 6.60. The first-order valence-corrected chi connectivity index (χ1v) is 13.8. The van der Waals surface area contributed by atoms with Crippen LogP contribution in [0.2, 0.25) is 0 Å². The second-order valence-electron chi connectivity index (χ2n) is 9.82. The maximum atomic E-state index is 2.55. The van der Waals surface area contributed by atoms with Crippen molar-refractivity contribution in [3.63, 3.8) is 0 Å². The molecule has 0 atom stereocenters. The summed E-state index contributed by atoms with van der Waals surface area (Å²) in [5.41, 5.74) is 0. The summed E-state index contributed by atoms with van der Waals surface area (Å²) in [6.07, 6.45) is 31.4. The first-order chi connectivity index (χ1) is 14.7. The number of rotatable bonds is 21. The maximum Gasteiger partial charge on any atom is 0.256 e. The number of nitrogens with zero attached hydrogens (tertiary/aromatic N) is 2. The van der Waals surface area contributed by atoms with Crippen LogP contribution in [0.5, 0.6) is 0 Å². The molecule has 0 saturated heterocycles. The van der Waals surface area contributed by atoms with Crippen LogP contribution in [-0.4, -0.2) is 4.57 Å². The molecular weight excluding hydrogens is 364 g/mol. The molecule has 0 aliphatic rings. The standard InChI is InChI=1S/C28H55N2/c1-5-7-9-11-12-13-14-15-16-17-18-19-21-23-28-29(24-22-20-10-8-6-2)25-26-30(28)27(3)4/h25-27H,5-24H2,1-4H3/q+1.